The van der Waals surface area contributed by atoms with Crippen molar-refractivity contribution >= 4 is 11.9 Å². The number of anilines is 1. The third-order valence-electron chi connectivity index (χ3n) is 6.49. The van der Waals surface area contributed by atoms with Crippen LogP contribution in [0.4, 0.5) is 14.7 Å². The van der Waals surface area contributed by atoms with Crippen LogP contribution in [0, 0.1) is 0 Å². The SMILES string of the molecule is COc1cnc(N2CCC3(CC2)OC2CCC(C4=CC(F)CC(F)=C4)N2C3=O)nc1. The largest absolute Gasteiger partial charge is 0.494 e. The lowest BCUT2D eigenvalue weighted by atomic mass is 9.89. The molecule has 4 heterocycles. The first-order valence-corrected chi connectivity index (χ1v) is 10.3. The van der Waals surface area contributed by atoms with E-state index in [4.69, 9.17) is 9.47 Å². The molecule has 4 aliphatic rings. The minimum Gasteiger partial charge on any atom is -0.494 e. The summed E-state index contributed by atoms with van der Waals surface area (Å²) in [7, 11) is 1.56. The molecular formula is C21H24F2N4O3. The van der Waals surface area contributed by atoms with E-state index in [-0.39, 0.29) is 24.6 Å². The van der Waals surface area contributed by atoms with Crippen molar-refractivity contribution in [1.82, 2.24) is 14.9 Å². The Morgan fingerprint density at radius 3 is 2.63 bits per heavy atom. The lowest BCUT2D eigenvalue weighted by Gasteiger charge is -2.37. The summed E-state index contributed by atoms with van der Waals surface area (Å²) in [6.45, 7) is 1.18. The summed E-state index contributed by atoms with van der Waals surface area (Å²) < 4.78 is 39.0. The molecule has 1 aromatic rings. The van der Waals surface area contributed by atoms with Crippen LogP contribution in [0.5, 0.6) is 5.75 Å². The fourth-order valence-electron chi connectivity index (χ4n) is 4.97. The monoisotopic (exact) mass is 418 g/mol. The van der Waals surface area contributed by atoms with Gasteiger partial charge in [-0.2, -0.15) is 0 Å². The van der Waals surface area contributed by atoms with E-state index in [2.05, 4.69) is 9.97 Å². The molecule has 0 radical (unpaired) electrons. The number of hydrogen-bond acceptors (Lipinski definition) is 6. The maximum absolute atomic E-state index is 13.9. The van der Waals surface area contributed by atoms with E-state index in [1.54, 1.807) is 24.4 Å². The van der Waals surface area contributed by atoms with Crippen molar-refractivity contribution in [3.63, 3.8) is 0 Å². The molecule has 1 aromatic heterocycles. The minimum absolute atomic E-state index is 0.0685. The lowest BCUT2D eigenvalue weighted by molar-refractivity contribution is -0.140. The van der Waals surface area contributed by atoms with E-state index < -0.39 is 17.6 Å². The summed E-state index contributed by atoms with van der Waals surface area (Å²) in [5.74, 6) is 0.641. The molecule has 1 aliphatic carbocycles. The van der Waals surface area contributed by atoms with Gasteiger partial charge >= 0.3 is 0 Å². The zero-order chi connectivity index (χ0) is 20.9. The molecular weight excluding hydrogens is 394 g/mol. The topological polar surface area (TPSA) is 67.8 Å². The summed E-state index contributed by atoms with van der Waals surface area (Å²) >= 11 is 0. The van der Waals surface area contributed by atoms with E-state index in [1.807, 2.05) is 4.90 Å². The molecule has 3 unspecified atom stereocenters. The molecule has 3 aliphatic heterocycles. The van der Waals surface area contributed by atoms with Crippen LogP contribution < -0.4 is 9.64 Å². The number of hydrogen-bond donors (Lipinski definition) is 0. The van der Waals surface area contributed by atoms with Crippen molar-refractivity contribution in [3.8, 4) is 5.75 Å². The molecule has 0 bridgehead atoms. The number of rotatable bonds is 3. The van der Waals surface area contributed by atoms with Crippen LogP contribution in [0.2, 0.25) is 0 Å². The molecule has 160 valence electrons. The van der Waals surface area contributed by atoms with Crippen LogP contribution in [-0.2, 0) is 9.53 Å². The first kappa shape index (κ1) is 19.4. The molecule has 3 atom stereocenters. The number of amides is 1. The van der Waals surface area contributed by atoms with Crippen molar-refractivity contribution in [2.75, 3.05) is 25.1 Å². The van der Waals surface area contributed by atoms with Gasteiger partial charge < -0.3 is 19.3 Å². The fourth-order valence-corrected chi connectivity index (χ4v) is 4.97. The molecule has 1 spiro atoms. The van der Waals surface area contributed by atoms with Gasteiger partial charge in [0.05, 0.1) is 25.5 Å². The van der Waals surface area contributed by atoms with Crippen LogP contribution in [0.1, 0.15) is 32.1 Å². The summed E-state index contributed by atoms with van der Waals surface area (Å²) in [5, 5.41) is 0. The first-order valence-electron chi connectivity index (χ1n) is 10.3. The molecule has 1 amide bonds. The third-order valence-corrected chi connectivity index (χ3v) is 6.49. The number of piperidine rings is 1. The predicted molar refractivity (Wildman–Crippen MR) is 104 cm³/mol. The van der Waals surface area contributed by atoms with E-state index in [9.17, 15) is 13.6 Å². The van der Waals surface area contributed by atoms with Crippen molar-refractivity contribution in [2.45, 2.75) is 56.1 Å². The minimum atomic E-state index is -1.34. The number of alkyl halides is 1. The normalized spacial score (nSPS) is 30.4. The van der Waals surface area contributed by atoms with Crippen molar-refractivity contribution in [2.24, 2.45) is 0 Å². The summed E-state index contributed by atoms with van der Waals surface area (Å²) in [6.07, 6.45) is 6.54. The number of nitrogens with zero attached hydrogens (tertiary/aromatic N) is 4. The molecule has 3 saturated heterocycles. The second-order valence-electron chi connectivity index (χ2n) is 8.26. The Hall–Kier alpha value is -2.55. The number of carbonyl (C=O) groups excluding carboxylic acids is 1. The fraction of sp³-hybridized carbons (Fsp3) is 0.571. The van der Waals surface area contributed by atoms with E-state index in [0.717, 1.165) is 0 Å². The smallest absolute Gasteiger partial charge is 0.257 e. The van der Waals surface area contributed by atoms with Gasteiger partial charge in [-0.3, -0.25) is 4.79 Å². The molecule has 30 heavy (non-hydrogen) atoms. The van der Waals surface area contributed by atoms with E-state index in [0.29, 0.717) is 56.0 Å². The summed E-state index contributed by atoms with van der Waals surface area (Å²) in [4.78, 5) is 25.8. The van der Waals surface area contributed by atoms with Crippen LogP contribution >= 0.6 is 0 Å². The molecule has 9 heteroatoms. The Labute approximate surface area is 173 Å². The van der Waals surface area contributed by atoms with E-state index in [1.165, 1.54) is 12.2 Å². The van der Waals surface area contributed by atoms with Crippen molar-refractivity contribution < 1.29 is 23.0 Å². The number of halogens is 2. The van der Waals surface area contributed by atoms with Gasteiger partial charge in [0.2, 0.25) is 5.95 Å². The van der Waals surface area contributed by atoms with Crippen LogP contribution in [0.15, 0.2) is 35.9 Å². The number of methoxy groups -OCH3 is 1. The Morgan fingerprint density at radius 2 is 1.97 bits per heavy atom. The number of carbonyl (C=O) groups is 1. The highest BCUT2D eigenvalue weighted by molar-refractivity contribution is 5.88. The molecule has 7 nitrogen and oxygen atoms in total. The maximum Gasteiger partial charge on any atom is 0.257 e. The molecule has 0 N–H and O–H groups in total. The highest BCUT2D eigenvalue weighted by atomic mass is 19.1. The van der Waals surface area contributed by atoms with Crippen LogP contribution in [-0.4, -0.2) is 65.0 Å². The average Bonchev–Trinajstić information content (AvgIpc) is 3.26. The van der Waals surface area contributed by atoms with Crippen LogP contribution in [0.3, 0.4) is 0 Å². The predicted octanol–water partition coefficient (Wildman–Crippen LogP) is 2.69. The Morgan fingerprint density at radius 1 is 1.23 bits per heavy atom. The van der Waals surface area contributed by atoms with Gasteiger partial charge in [-0.05, 0) is 30.6 Å². The highest BCUT2D eigenvalue weighted by Gasteiger charge is 2.58. The zero-order valence-corrected chi connectivity index (χ0v) is 16.8. The van der Waals surface area contributed by atoms with Gasteiger partial charge in [0.15, 0.2) is 11.4 Å². The summed E-state index contributed by atoms with van der Waals surface area (Å²) in [5.41, 5.74) is -0.328. The number of fused-ring (bicyclic) bond motifs is 1. The Kier molecular flexibility index (Phi) is 4.72. The molecule has 3 fully saturated rings. The van der Waals surface area contributed by atoms with Gasteiger partial charge in [-0.15, -0.1) is 0 Å². The van der Waals surface area contributed by atoms with Gasteiger partial charge in [-0.25, -0.2) is 18.7 Å². The van der Waals surface area contributed by atoms with Gasteiger partial charge in [0.25, 0.3) is 5.91 Å². The number of aromatic nitrogens is 2. The van der Waals surface area contributed by atoms with Crippen molar-refractivity contribution in [1.29, 1.82) is 0 Å². The summed E-state index contributed by atoms with van der Waals surface area (Å²) in [6, 6.07) is -0.325. The second-order valence-corrected chi connectivity index (χ2v) is 8.26. The molecule has 0 saturated carbocycles. The number of ether oxygens (including phenoxy) is 2. The lowest BCUT2D eigenvalue weighted by Crippen LogP contribution is -2.51. The Balaban J connectivity index is 1.30. The quantitative estimate of drug-likeness (QED) is 0.752. The molecule has 0 aromatic carbocycles. The maximum atomic E-state index is 13.9. The average molecular weight is 418 g/mol. The second kappa shape index (κ2) is 7.30. The zero-order valence-electron chi connectivity index (χ0n) is 16.8. The van der Waals surface area contributed by atoms with Crippen molar-refractivity contribution in [3.05, 3.63) is 35.9 Å². The Bertz CT molecular complexity index is 896. The molecule has 5 rings (SSSR count). The highest BCUT2D eigenvalue weighted by Crippen LogP contribution is 2.45. The standard InChI is InChI=1S/C21H24F2N4O3/c1-29-16-11-24-20(25-12-16)26-6-4-21(5-7-26)19(28)27-17(2-3-18(27)30-21)13-8-14(22)10-15(23)9-13/h8-9,11-12,14,17-18H,2-7,10H2,1H3. The van der Waals surface area contributed by atoms with Gasteiger partial charge in [0.1, 0.15) is 18.2 Å². The first-order chi connectivity index (χ1) is 14.5. The van der Waals surface area contributed by atoms with Gasteiger partial charge in [-0.1, -0.05) is 0 Å². The van der Waals surface area contributed by atoms with E-state index >= 15 is 0 Å². The third kappa shape index (κ3) is 3.15. The van der Waals surface area contributed by atoms with Gasteiger partial charge in [0, 0.05) is 32.4 Å². The number of allylic oxidation sites excluding steroid dienone is 2. The van der Waals surface area contributed by atoms with Crippen LogP contribution in [0.25, 0.3) is 0 Å².